The number of nitrogens with one attached hydrogen (secondary N) is 1. The molecule has 0 radical (unpaired) electrons. The fraction of sp³-hybridized carbons (Fsp3) is 0.750. The Kier molecular flexibility index (Phi) is 2.93. The van der Waals surface area contributed by atoms with Crippen LogP contribution in [0.3, 0.4) is 0 Å². The van der Waals surface area contributed by atoms with Gasteiger partial charge in [0.25, 0.3) is 0 Å². The average Bonchev–Trinajstić information content (AvgIpc) is 2.76. The molecular formula is C12H22N4. The van der Waals surface area contributed by atoms with Crippen molar-refractivity contribution in [3.05, 3.63) is 11.8 Å². The van der Waals surface area contributed by atoms with Gasteiger partial charge in [-0.2, -0.15) is 5.10 Å². The summed E-state index contributed by atoms with van der Waals surface area (Å²) in [5.74, 6) is 0.777. The van der Waals surface area contributed by atoms with Gasteiger partial charge in [0.05, 0.1) is 12.2 Å². The molecule has 16 heavy (non-hydrogen) atoms. The summed E-state index contributed by atoms with van der Waals surface area (Å²) in [7, 11) is 0. The molecule has 0 amide bonds. The number of nitrogens with zero attached hydrogens (tertiary/aromatic N) is 2. The van der Waals surface area contributed by atoms with E-state index in [-0.39, 0.29) is 5.41 Å². The van der Waals surface area contributed by atoms with Crippen molar-refractivity contribution in [1.82, 2.24) is 15.1 Å². The van der Waals surface area contributed by atoms with E-state index in [2.05, 4.69) is 31.2 Å². The van der Waals surface area contributed by atoms with Crippen molar-refractivity contribution in [3.8, 4) is 0 Å². The van der Waals surface area contributed by atoms with Crippen LogP contribution in [0.5, 0.6) is 0 Å². The van der Waals surface area contributed by atoms with E-state index >= 15 is 0 Å². The third kappa shape index (κ3) is 2.38. The first-order valence-electron chi connectivity index (χ1n) is 6.04. The first kappa shape index (κ1) is 11.5. The Hall–Kier alpha value is -1.03. The van der Waals surface area contributed by atoms with Crippen LogP contribution in [-0.4, -0.2) is 22.4 Å². The highest BCUT2D eigenvalue weighted by Gasteiger charge is 2.21. The molecule has 4 nitrogen and oxygen atoms in total. The normalized spacial score (nSPS) is 21.6. The predicted octanol–water partition coefficient (Wildman–Crippen LogP) is 1.51. The Morgan fingerprint density at radius 1 is 1.56 bits per heavy atom. The molecule has 0 aromatic carbocycles. The quantitative estimate of drug-likeness (QED) is 0.797. The zero-order chi connectivity index (χ0) is 11.8. The molecule has 1 saturated heterocycles. The van der Waals surface area contributed by atoms with E-state index in [4.69, 9.17) is 5.73 Å². The lowest BCUT2D eigenvalue weighted by molar-refractivity contribution is 0.465. The topological polar surface area (TPSA) is 55.9 Å². The van der Waals surface area contributed by atoms with Crippen molar-refractivity contribution in [1.29, 1.82) is 0 Å². The standard InChI is InChI=1S/C12H22N4/c1-12(2,3)10-7-11(13)16(15-10)8-9-5-4-6-14-9/h7,9,14H,4-6,8,13H2,1-3H3/t9-/m1/s1. The molecule has 4 heteroatoms. The first-order chi connectivity index (χ1) is 7.47. The largest absolute Gasteiger partial charge is 0.384 e. The van der Waals surface area contributed by atoms with E-state index in [1.165, 1.54) is 12.8 Å². The summed E-state index contributed by atoms with van der Waals surface area (Å²) in [6, 6.07) is 2.53. The number of aromatic nitrogens is 2. The second-order valence-corrected chi connectivity index (χ2v) is 5.68. The van der Waals surface area contributed by atoms with Crippen molar-refractivity contribution < 1.29 is 0 Å². The van der Waals surface area contributed by atoms with Gasteiger partial charge in [0.1, 0.15) is 5.82 Å². The summed E-state index contributed by atoms with van der Waals surface area (Å²) in [5.41, 5.74) is 7.13. The van der Waals surface area contributed by atoms with E-state index in [0.29, 0.717) is 6.04 Å². The molecule has 1 aromatic heterocycles. The summed E-state index contributed by atoms with van der Waals surface area (Å²) in [4.78, 5) is 0. The second-order valence-electron chi connectivity index (χ2n) is 5.68. The lowest BCUT2D eigenvalue weighted by Crippen LogP contribution is -2.28. The van der Waals surface area contributed by atoms with E-state index in [9.17, 15) is 0 Å². The van der Waals surface area contributed by atoms with Crippen molar-refractivity contribution in [2.45, 2.75) is 51.6 Å². The van der Waals surface area contributed by atoms with Crippen LogP contribution >= 0.6 is 0 Å². The Labute approximate surface area is 97.2 Å². The molecule has 0 spiro atoms. The Morgan fingerprint density at radius 3 is 2.81 bits per heavy atom. The molecule has 1 aliphatic rings. The number of rotatable bonds is 2. The maximum Gasteiger partial charge on any atom is 0.122 e. The van der Waals surface area contributed by atoms with Gasteiger partial charge in [0.15, 0.2) is 0 Å². The van der Waals surface area contributed by atoms with Gasteiger partial charge < -0.3 is 11.1 Å². The van der Waals surface area contributed by atoms with Gasteiger partial charge in [0.2, 0.25) is 0 Å². The van der Waals surface area contributed by atoms with Gasteiger partial charge >= 0.3 is 0 Å². The van der Waals surface area contributed by atoms with Crippen LogP contribution in [0.1, 0.15) is 39.3 Å². The molecule has 0 saturated carbocycles. The molecule has 0 aliphatic carbocycles. The predicted molar refractivity (Wildman–Crippen MR) is 66.4 cm³/mol. The van der Waals surface area contributed by atoms with Crippen molar-refractivity contribution in [2.24, 2.45) is 0 Å². The van der Waals surface area contributed by atoms with Crippen molar-refractivity contribution in [3.63, 3.8) is 0 Å². The zero-order valence-electron chi connectivity index (χ0n) is 10.5. The summed E-state index contributed by atoms with van der Waals surface area (Å²) in [5, 5.41) is 8.06. The maximum absolute atomic E-state index is 5.99. The Bertz CT molecular complexity index is 356. The minimum absolute atomic E-state index is 0.0719. The fourth-order valence-corrected chi connectivity index (χ4v) is 2.07. The van der Waals surface area contributed by atoms with Crippen LogP contribution in [0.25, 0.3) is 0 Å². The van der Waals surface area contributed by atoms with E-state index < -0.39 is 0 Å². The minimum Gasteiger partial charge on any atom is -0.384 e. The zero-order valence-corrected chi connectivity index (χ0v) is 10.5. The van der Waals surface area contributed by atoms with E-state index in [0.717, 1.165) is 24.6 Å². The Balaban J connectivity index is 2.12. The number of hydrogen-bond acceptors (Lipinski definition) is 3. The van der Waals surface area contributed by atoms with Crippen LogP contribution in [0.15, 0.2) is 6.07 Å². The van der Waals surface area contributed by atoms with Gasteiger partial charge in [0, 0.05) is 17.5 Å². The highest BCUT2D eigenvalue weighted by atomic mass is 15.3. The summed E-state index contributed by atoms with van der Waals surface area (Å²) < 4.78 is 1.93. The third-order valence-electron chi connectivity index (χ3n) is 3.14. The molecule has 1 fully saturated rings. The molecule has 1 aliphatic heterocycles. The molecule has 1 atom stereocenters. The number of nitrogen functional groups attached to an aromatic ring is 1. The minimum atomic E-state index is 0.0719. The van der Waals surface area contributed by atoms with Crippen LogP contribution in [0.4, 0.5) is 5.82 Å². The van der Waals surface area contributed by atoms with Crippen LogP contribution in [0, 0.1) is 0 Å². The average molecular weight is 222 g/mol. The van der Waals surface area contributed by atoms with Crippen LogP contribution < -0.4 is 11.1 Å². The maximum atomic E-state index is 5.99. The monoisotopic (exact) mass is 222 g/mol. The van der Waals surface area contributed by atoms with Gasteiger partial charge in [-0.05, 0) is 19.4 Å². The second kappa shape index (κ2) is 4.09. The van der Waals surface area contributed by atoms with Gasteiger partial charge in [-0.25, -0.2) is 4.68 Å². The van der Waals surface area contributed by atoms with Crippen LogP contribution in [0.2, 0.25) is 0 Å². The highest BCUT2D eigenvalue weighted by Crippen LogP contribution is 2.23. The summed E-state index contributed by atoms with van der Waals surface area (Å²) >= 11 is 0. The molecular weight excluding hydrogens is 200 g/mol. The molecule has 2 rings (SSSR count). The molecule has 2 heterocycles. The smallest absolute Gasteiger partial charge is 0.122 e. The molecule has 0 unspecified atom stereocenters. The molecule has 1 aromatic rings. The number of nitrogens with two attached hydrogens (primary N) is 1. The highest BCUT2D eigenvalue weighted by molar-refractivity contribution is 5.33. The Morgan fingerprint density at radius 2 is 2.31 bits per heavy atom. The lowest BCUT2D eigenvalue weighted by Gasteiger charge is -2.15. The van der Waals surface area contributed by atoms with Crippen molar-refractivity contribution >= 4 is 5.82 Å². The van der Waals surface area contributed by atoms with Crippen molar-refractivity contribution in [2.75, 3.05) is 12.3 Å². The van der Waals surface area contributed by atoms with E-state index in [1.54, 1.807) is 0 Å². The molecule has 3 N–H and O–H groups in total. The molecule has 90 valence electrons. The summed E-state index contributed by atoms with van der Waals surface area (Å²) in [6.45, 7) is 8.49. The lowest BCUT2D eigenvalue weighted by atomic mass is 9.92. The number of anilines is 1. The fourth-order valence-electron chi connectivity index (χ4n) is 2.07. The number of hydrogen-bond donors (Lipinski definition) is 2. The third-order valence-corrected chi connectivity index (χ3v) is 3.14. The van der Waals surface area contributed by atoms with Crippen LogP contribution in [-0.2, 0) is 12.0 Å². The van der Waals surface area contributed by atoms with Gasteiger partial charge in [-0.3, -0.25) is 0 Å². The molecule has 0 bridgehead atoms. The van der Waals surface area contributed by atoms with Gasteiger partial charge in [-0.15, -0.1) is 0 Å². The van der Waals surface area contributed by atoms with E-state index in [1.807, 2.05) is 10.7 Å². The summed E-state index contributed by atoms with van der Waals surface area (Å²) in [6.07, 6.45) is 2.49. The van der Waals surface area contributed by atoms with Gasteiger partial charge in [-0.1, -0.05) is 20.8 Å². The SMILES string of the molecule is CC(C)(C)c1cc(N)n(C[C@H]2CCCN2)n1. The first-order valence-corrected chi connectivity index (χ1v) is 6.04.